The number of aryl methyl sites for hydroxylation is 2. The molecule has 1 aromatic carbocycles. The third-order valence-electron chi connectivity index (χ3n) is 5.09. The van der Waals surface area contributed by atoms with Gasteiger partial charge in [0, 0.05) is 47.1 Å². The Labute approximate surface area is 159 Å². The molecule has 0 N–H and O–H groups in total. The van der Waals surface area contributed by atoms with Crippen LogP contribution in [0, 0.1) is 27.7 Å². The number of Topliss-reactive ketones (excluding diaryl/α,β-unsaturated/α-hetero) is 1. The summed E-state index contributed by atoms with van der Waals surface area (Å²) in [5, 5.41) is 0.749. The number of halogens is 1. The molecule has 0 unspecified atom stereocenters. The van der Waals surface area contributed by atoms with E-state index in [0.717, 1.165) is 33.2 Å². The second-order valence-corrected chi connectivity index (χ2v) is 7.20. The van der Waals surface area contributed by atoms with E-state index in [1.165, 1.54) is 5.56 Å². The van der Waals surface area contributed by atoms with Crippen molar-refractivity contribution in [3.8, 4) is 0 Å². The Hall–Kier alpha value is -2.39. The van der Waals surface area contributed by atoms with Gasteiger partial charge in [0.25, 0.3) is 0 Å². The maximum Gasteiger partial charge on any atom is 0.229 e. The molecule has 0 amide bonds. The van der Waals surface area contributed by atoms with Gasteiger partial charge in [-0.05, 0) is 44.5 Å². The second-order valence-electron chi connectivity index (χ2n) is 6.79. The van der Waals surface area contributed by atoms with Crippen LogP contribution >= 0.6 is 11.6 Å². The Kier molecular flexibility index (Phi) is 5.28. The van der Waals surface area contributed by atoms with Gasteiger partial charge in [0.1, 0.15) is 0 Å². The molecule has 0 aliphatic carbocycles. The third-order valence-corrected chi connectivity index (χ3v) is 5.46. The quantitative estimate of drug-likeness (QED) is 0.478. The van der Waals surface area contributed by atoms with Gasteiger partial charge in [0.2, 0.25) is 12.3 Å². The topological polar surface area (TPSA) is 25.9 Å². The molecule has 3 aromatic rings. The number of rotatable bonds is 5. The van der Waals surface area contributed by atoms with E-state index in [2.05, 4.69) is 17.6 Å². The molecule has 0 aliphatic rings. The lowest BCUT2D eigenvalue weighted by atomic mass is 10.1. The molecule has 3 rings (SSSR count). The van der Waals surface area contributed by atoms with Crippen LogP contribution < -0.4 is 4.57 Å². The number of hydrogen-bond acceptors (Lipinski definition) is 1. The summed E-state index contributed by atoms with van der Waals surface area (Å²) in [7, 11) is 0. The van der Waals surface area contributed by atoms with E-state index in [4.69, 9.17) is 11.6 Å². The number of carbonyl (C=O) groups excluding carboxylic acids is 1. The normalized spacial score (nSPS) is 11.0. The minimum Gasteiger partial charge on any atom is -0.344 e. The predicted octanol–water partition coefficient (Wildman–Crippen LogP) is 4.59. The molecule has 0 atom stereocenters. The minimum atomic E-state index is 0.127. The molecule has 3 nitrogen and oxygen atoms in total. The summed E-state index contributed by atoms with van der Waals surface area (Å²) in [5.41, 5.74) is 6.19. The van der Waals surface area contributed by atoms with Crippen molar-refractivity contribution in [1.82, 2.24) is 4.57 Å². The number of ketones is 1. The van der Waals surface area contributed by atoms with E-state index in [9.17, 15) is 4.79 Å². The number of benzene rings is 1. The Balaban J connectivity index is 1.89. The van der Waals surface area contributed by atoms with E-state index >= 15 is 0 Å². The molecule has 26 heavy (non-hydrogen) atoms. The van der Waals surface area contributed by atoms with Crippen LogP contribution in [0.25, 0.3) is 0 Å². The molecule has 0 aliphatic heterocycles. The second kappa shape index (κ2) is 7.46. The van der Waals surface area contributed by atoms with Gasteiger partial charge in [0.15, 0.2) is 11.9 Å². The number of carbonyl (C=O) groups is 1. The first-order chi connectivity index (χ1) is 12.4. The van der Waals surface area contributed by atoms with E-state index in [1.807, 2.05) is 67.9 Å². The van der Waals surface area contributed by atoms with Crippen LogP contribution in [0.3, 0.4) is 0 Å². The van der Waals surface area contributed by atoms with Crippen LogP contribution in [-0.4, -0.2) is 10.4 Å². The van der Waals surface area contributed by atoms with E-state index in [1.54, 1.807) is 0 Å². The van der Waals surface area contributed by atoms with Gasteiger partial charge >= 0.3 is 0 Å². The fourth-order valence-corrected chi connectivity index (χ4v) is 3.48. The van der Waals surface area contributed by atoms with E-state index in [0.29, 0.717) is 13.1 Å². The van der Waals surface area contributed by atoms with Crippen molar-refractivity contribution in [3.63, 3.8) is 0 Å². The van der Waals surface area contributed by atoms with Crippen LogP contribution in [0.15, 0.2) is 48.7 Å². The molecule has 0 fully saturated rings. The van der Waals surface area contributed by atoms with Crippen LogP contribution in [0.1, 0.15) is 38.6 Å². The van der Waals surface area contributed by atoms with Crippen LogP contribution in [0.5, 0.6) is 0 Å². The van der Waals surface area contributed by atoms with Crippen LogP contribution in [0.2, 0.25) is 5.02 Å². The smallest absolute Gasteiger partial charge is 0.229 e. The summed E-state index contributed by atoms with van der Waals surface area (Å²) in [6, 6.07) is 13.9. The molecule has 4 heteroatoms. The van der Waals surface area contributed by atoms with Crippen molar-refractivity contribution in [2.75, 3.05) is 0 Å². The Morgan fingerprint density at radius 1 is 1.08 bits per heavy atom. The summed E-state index contributed by atoms with van der Waals surface area (Å²) >= 11 is 6.30. The Morgan fingerprint density at radius 3 is 2.54 bits per heavy atom. The molecule has 2 aromatic heterocycles. The fourth-order valence-electron chi connectivity index (χ4n) is 3.29. The third kappa shape index (κ3) is 3.58. The lowest BCUT2D eigenvalue weighted by molar-refractivity contribution is -0.689. The van der Waals surface area contributed by atoms with Gasteiger partial charge in [-0.25, -0.2) is 0 Å². The van der Waals surface area contributed by atoms with Gasteiger partial charge in [-0.3, -0.25) is 4.79 Å². The SMILES string of the molecule is Cc1ccc[n+](CC(=O)c2cc(C)n(Cc3ccccc3Cl)c2C)c1C. The number of aromatic nitrogens is 2. The zero-order valence-corrected chi connectivity index (χ0v) is 16.5. The average Bonchev–Trinajstić information content (AvgIpc) is 2.89. The largest absolute Gasteiger partial charge is 0.344 e. The zero-order chi connectivity index (χ0) is 18.8. The summed E-state index contributed by atoms with van der Waals surface area (Å²) in [5.74, 6) is 0.127. The highest BCUT2D eigenvalue weighted by atomic mass is 35.5. The molecule has 0 bridgehead atoms. The number of nitrogens with zero attached hydrogens (tertiary/aromatic N) is 2. The lowest BCUT2D eigenvalue weighted by Gasteiger charge is -2.11. The molecule has 0 spiro atoms. The standard InChI is InChI=1S/C22H24ClN2O/c1-15-8-7-11-24(17(15)3)14-22(26)20-12-16(2)25(18(20)4)13-19-9-5-6-10-21(19)23/h5-12H,13-14H2,1-4H3/q+1. The zero-order valence-electron chi connectivity index (χ0n) is 15.7. The van der Waals surface area contributed by atoms with Crippen molar-refractivity contribution >= 4 is 17.4 Å². The first-order valence-corrected chi connectivity index (χ1v) is 9.15. The number of pyridine rings is 1. The molecule has 0 saturated heterocycles. The summed E-state index contributed by atoms with van der Waals surface area (Å²) in [4.78, 5) is 12.9. The minimum absolute atomic E-state index is 0.127. The Bertz CT molecular complexity index is 972. The van der Waals surface area contributed by atoms with Crippen molar-refractivity contribution in [1.29, 1.82) is 0 Å². The van der Waals surface area contributed by atoms with Gasteiger partial charge < -0.3 is 4.57 Å². The number of hydrogen-bond donors (Lipinski definition) is 0. The van der Waals surface area contributed by atoms with Crippen molar-refractivity contribution in [2.45, 2.75) is 40.8 Å². The van der Waals surface area contributed by atoms with Crippen molar-refractivity contribution in [3.05, 3.63) is 87.5 Å². The summed E-state index contributed by atoms with van der Waals surface area (Å²) < 4.78 is 4.17. The molecule has 2 heterocycles. The summed E-state index contributed by atoms with van der Waals surface area (Å²) in [6.07, 6.45) is 1.96. The highest BCUT2D eigenvalue weighted by Crippen LogP contribution is 2.21. The molecular formula is C22H24ClN2O+. The van der Waals surface area contributed by atoms with Gasteiger partial charge in [-0.2, -0.15) is 4.57 Å². The van der Waals surface area contributed by atoms with Crippen LogP contribution in [-0.2, 0) is 13.1 Å². The maximum absolute atomic E-state index is 12.9. The molecule has 0 saturated carbocycles. The molecular weight excluding hydrogens is 344 g/mol. The predicted molar refractivity (Wildman–Crippen MR) is 105 cm³/mol. The summed E-state index contributed by atoms with van der Waals surface area (Å²) in [6.45, 7) is 9.16. The lowest BCUT2D eigenvalue weighted by Crippen LogP contribution is -2.41. The van der Waals surface area contributed by atoms with E-state index < -0.39 is 0 Å². The molecule has 0 radical (unpaired) electrons. The van der Waals surface area contributed by atoms with Gasteiger partial charge in [0.05, 0.1) is 0 Å². The van der Waals surface area contributed by atoms with Crippen molar-refractivity contribution < 1.29 is 9.36 Å². The van der Waals surface area contributed by atoms with Crippen molar-refractivity contribution in [2.24, 2.45) is 0 Å². The van der Waals surface area contributed by atoms with Gasteiger partial charge in [-0.15, -0.1) is 0 Å². The van der Waals surface area contributed by atoms with Crippen LogP contribution in [0.4, 0.5) is 0 Å². The van der Waals surface area contributed by atoms with E-state index in [-0.39, 0.29) is 5.78 Å². The highest BCUT2D eigenvalue weighted by molar-refractivity contribution is 6.31. The average molecular weight is 368 g/mol. The maximum atomic E-state index is 12.9. The fraction of sp³-hybridized carbons (Fsp3) is 0.273. The highest BCUT2D eigenvalue weighted by Gasteiger charge is 2.21. The molecule has 134 valence electrons. The van der Waals surface area contributed by atoms with Gasteiger partial charge in [-0.1, -0.05) is 29.8 Å². The first kappa shape index (κ1) is 18.4. The monoisotopic (exact) mass is 367 g/mol. The Morgan fingerprint density at radius 2 is 1.81 bits per heavy atom. The first-order valence-electron chi connectivity index (χ1n) is 8.77.